The van der Waals surface area contributed by atoms with Gasteiger partial charge in [-0.15, -0.1) is 4.73 Å². The first-order chi connectivity index (χ1) is 9.56. The van der Waals surface area contributed by atoms with Crippen LogP contribution < -0.4 is 11.1 Å². The highest BCUT2D eigenvalue weighted by Gasteiger charge is 2.22. The molecule has 7 heteroatoms. The first-order valence-corrected chi connectivity index (χ1v) is 6.56. The second-order valence-corrected chi connectivity index (χ2v) is 5.23. The molecule has 3 rings (SSSR count). The van der Waals surface area contributed by atoms with Gasteiger partial charge in [-0.25, -0.2) is 4.98 Å². The van der Waals surface area contributed by atoms with Gasteiger partial charge in [0.1, 0.15) is 11.4 Å². The van der Waals surface area contributed by atoms with E-state index in [1.807, 2.05) is 0 Å². The Kier molecular flexibility index (Phi) is 2.98. The van der Waals surface area contributed by atoms with Crippen LogP contribution in [0.3, 0.4) is 0 Å². The third-order valence-electron chi connectivity index (χ3n) is 3.67. The summed E-state index contributed by atoms with van der Waals surface area (Å²) in [5.41, 5.74) is 7.11. The van der Waals surface area contributed by atoms with Crippen LogP contribution in [0.25, 0.3) is 11.0 Å². The van der Waals surface area contributed by atoms with E-state index < -0.39 is 0 Å². The van der Waals surface area contributed by atoms with Crippen LogP contribution in [0.4, 0.5) is 5.95 Å². The quantitative estimate of drug-likeness (QED) is 0.374. The molecule has 1 fully saturated rings. The molecule has 1 saturated heterocycles. The Balaban J connectivity index is 1.98. The Bertz CT molecular complexity index is 664. The average Bonchev–Trinajstić information content (AvgIpc) is 2.95. The number of rotatable bonds is 3. The SMILES string of the molecule is CN1CCC(Nc2nc3cccc(C(=N)N)c3n2O)C1. The van der Waals surface area contributed by atoms with Gasteiger partial charge < -0.3 is 21.2 Å². The second-order valence-electron chi connectivity index (χ2n) is 5.23. The van der Waals surface area contributed by atoms with E-state index in [-0.39, 0.29) is 11.9 Å². The van der Waals surface area contributed by atoms with Crippen molar-refractivity contribution in [3.05, 3.63) is 23.8 Å². The number of hydrogen-bond acceptors (Lipinski definition) is 5. The molecule has 1 aromatic carbocycles. The molecular weight excluding hydrogens is 256 g/mol. The lowest BCUT2D eigenvalue weighted by Crippen LogP contribution is -2.25. The van der Waals surface area contributed by atoms with Crippen molar-refractivity contribution in [2.75, 3.05) is 25.5 Å². The maximum Gasteiger partial charge on any atom is 0.238 e. The van der Waals surface area contributed by atoms with Crippen molar-refractivity contribution < 1.29 is 5.21 Å². The Morgan fingerprint density at radius 1 is 1.55 bits per heavy atom. The van der Waals surface area contributed by atoms with Crippen molar-refractivity contribution in [2.45, 2.75) is 12.5 Å². The fourth-order valence-electron chi connectivity index (χ4n) is 2.66. The van der Waals surface area contributed by atoms with Crippen LogP contribution in [0.15, 0.2) is 18.2 Å². The number of hydrogen-bond donors (Lipinski definition) is 4. The third-order valence-corrected chi connectivity index (χ3v) is 3.67. The van der Waals surface area contributed by atoms with E-state index in [4.69, 9.17) is 11.1 Å². The molecule has 2 aromatic rings. The van der Waals surface area contributed by atoms with E-state index in [2.05, 4.69) is 22.2 Å². The summed E-state index contributed by atoms with van der Waals surface area (Å²) >= 11 is 0. The van der Waals surface area contributed by atoms with Crippen LogP contribution in [-0.2, 0) is 0 Å². The standard InChI is InChI=1S/C13H18N6O/c1-18-6-5-8(7-18)16-13-17-10-4-2-3-9(12(14)15)11(10)19(13)20/h2-4,8,20H,5-7H2,1H3,(H3,14,15)(H,16,17). The number of aromatic nitrogens is 2. The van der Waals surface area contributed by atoms with Gasteiger partial charge in [-0.05, 0) is 32.1 Å². The van der Waals surface area contributed by atoms with Crippen molar-refractivity contribution in [3.63, 3.8) is 0 Å². The summed E-state index contributed by atoms with van der Waals surface area (Å²) in [7, 11) is 2.07. The summed E-state index contributed by atoms with van der Waals surface area (Å²) in [5, 5.41) is 21.1. The van der Waals surface area contributed by atoms with Crippen LogP contribution in [0, 0.1) is 5.41 Å². The molecule has 1 aliphatic heterocycles. The molecule has 5 N–H and O–H groups in total. The molecule has 1 atom stereocenters. The van der Waals surface area contributed by atoms with Gasteiger partial charge in [0.2, 0.25) is 5.95 Å². The average molecular weight is 274 g/mol. The van der Waals surface area contributed by atoms with Crippen molar-refractivity contribution in [3.8, 4) is 0 Å². The zero-order valence-electron chi connectivity index (χ0n) is 11.3. The maximum absolute atomic E-state index is 10.3. The smallest absolute Gasteiger partial charge is 0.238 e. The fraction of sp³-hybridized carbons (Fsp3) is 0.385. The maximum atomic E-state index is 10.3. The molecule has 0 bridgehead atoms. The normalized spacial score (nSPS) is 19.6. The molecule has 0 spiro atoms. The number of imidazole rings is 1. The lowest BCUT2D eigenvalue weighted by atomic mass is 10.2. The second kappa shape index (κ2) is 4.68. The summed E-state index contributed by atoms with van der Waals surface area (Å²) in [6.07, 6.45) is 1.01. The van der Waals surface area contributed by atoms with Gasteiger partial charge in [-0.1, -0.05) is 6.07 Å². The zero-order valence-corrected chi connectivity index (χ0v) is 11.3. The Morgan fingerprint density at radius 3 is 3.00 bits per heavy atom. The molecule has 2 heterocycles. The number of nitrogens with zero attached hydrogens (tertiary/aromatic N) is 3. The van der Waals surface area contributed by atoms with Crippen molar-refractivity contribution in [2.24, 2.45) is 5.73 Å². The predicted molar refractivity (Wildman–Crippen MR) is 77.5 cm³/mol. The molecular formula is C13H18N6O. The number of nitrogens with one attached hydrogen (secondary N) is 2. The third kappa shape index (κ3) is 2.05. The summed E-state index contributed by atoms with van der Waals surface area (Å²) in [5.74, 6) is 0.312. The van der Waals surface area contributed by atoms with Crippen LogP contribution in [0.1, 0.15) is 12.0 Å². The highest BCUT2D eigenvalue weighted by molar-refractivity contribution is 6.06. The number of nitrogen functional groups attached to an aromatic ring is 1. The molecule has 7 nitrogen and oxygen atoms in total. The predicted octanol–water partition coefficient (Wildman–Crippen LogP) is 0.674. The fourth-order valence-corrected chi connectivity index (χ4v) is 2.66. The van der Waals surface area contributed by atoms with Gasteiger partial charge in [0, 0.05) is 18.2 Å². The van der Waals surface area contributed by atoms with Gasteiger partial charge in [0.25, 0.3) is 0 Å². The molecule has 0 amide bonds. The van der Waals surface area contributed by atoms with Gasteiger partial charge in [0.05, 0.1) is 5.52 Å². The lowest BCUT2D eigenvalue weighted by Gasteiger charge is -2.12. The first-order valence-electron chi connectivity index (χ1n) is 6.56. The van der Waals surface area contributed by atoms with E-state index in [1.54, 1.807) is 18.2 Å². The number of amidine groups is 1. The molecule has 20 heavy (non-hydrogen) atoms. The lowest BCUT2D eigenvalue weighted by molar-refractivity contribution is 0.203. The van der Waals surface area contributed by atoms with E-state index in [0.717, 1.165) is 24.2 Å². The monoisotopic (exact) mass is 274 g/mol. The van der Waals surface area contributed by atoms with E-state index >= 15 is 0 Å². The number of likely N-dealkylation sites (tertiary alicyclic amines) is 1. The van der Waals surface area contributed by atoms with Crippen molar-refractivity contribution in [1.82, 2.24) is 14.6 Å². The van der Waals surface area contributed by atoms with Gasteiger partial charge in [-0.3, -0.25) is 5.41 Å². The van der Waals surface area contributed by atoms with E-state index in [1.165, 1.54) is 0 Å². The Morgan fingerprint density at radius 2 is 2.35 bits per heavy atom. The first kappa shape index (κ1) is 12.7. The Labute approximate surface area is 116 Å². The van der Waals surface area contributed by atoms with Gasteiger partial charge in [0.15, 0.2) is 0 Å². The number of likely N-dealkylation sites (N-methyl/N-ethyl adjacent to an activating group) is 1. The highest BCUT2D eigenvalue weighted by Crippen LogP contribution is 2.23. The minimum Gasteiger partial charge on any atom is -0.425 e. The number of nitrogens with two attached hydrogens (primary N) is 1. The largest absolute Gasteiger partial charge is 0.425 e. The summed E-state index contributed by atoms with van der Waals surface area (Å²) < 4.78 is 0.990. The van der Waals surface area contributed by atoms with Crippen LogP contribution in [-0.4, -0.2) is 51.8 Å². The minimum atomic E-state index is -0.0852. The number of para-hydroxylation sites is 1. The van der Waals surface area contributed by atoms with Crippen molar-refractivity contribution in [1.29, 1.82) is 5.41 Å². The molecule has 0 radical (unpaired) electrons. The van der Waals surface area contributed by atoms with Crippen LogP contribution in [0.2, 0.25) is 0 Å². The van der Waals surface area contributed by atoms with Crippen LogP contribution in [0.5, 0.6) is 0 Å². The van der Waals surface area contributed by atoms with E-state index in [0.29, 0.717) is 22.5 Å². The van der Waals surface area contributed by atoms with Gasteiger partial charge >= 0.3 is 0 Å². The van der Waals surface area contributed by atoms with Crippen molar-refractivity contribution >= 4 is 22.8 Å². The molecule has 1 unspecified atom stereocenters. The summed E-state index contributed by atoms with van der Waals surface area (Å²) in [6.45, 7) is 1.95. The van der Waals surface area contributed by atoms with Crippen LogP contribution >= 0.6 is 0 Å². The minimum absolute atomic E-state index is 0.0852. The Hall–Kier alpha value is -2.28. The molecule has 106 valence electrons. The molecule has 0 aliphatic carbocycles. The summed E-state index contributed by atoms with van der Waals surface area (Å²) in [6, 6.07) is 5.54. The number of anilines is 1. The van der Waals surface area contributed by atoms with E-state index in [9.17, 15) is 5.21 Å². The molecule has 1 aliphatic rings. The topological polar surface area (TPSA) is 103 Å². The number of benzene rings is 1. The number of fused-ring (bicyclic) bond motifs is 1. The zero-order chi connectivity index (χ0) is 14.3. The summed E-state index contributed by atoms with van der Waals surface area (Å²) in [4.78, 5) is 6.60. The van der Waals surface area contributed by atoms with Gasteiger partial charge in [-0.2, -0.15) is 0 Å². The molecule has 0 saturated carbocycles. The highest BCUT2D eigenvalue weighted by atomic mass is 16.5. The molecule has 1 aromatic heterocycles.